The summed E-state index contributed by atoms with van der Waals surface area (Å²) in [5.41, 5.74) is 0. The molecule has 0 saturated heterocycles. The summed E-state index contributed by atoms with van der Waals surface area (Å²) in [6.07, 6.45) is 0.612. The molecule has 0 bridgehead atoms. The van der Waals surface area contributed by atoms with Crippen LogP contribution in [0.1, 0.15) is 0 Å². The van der Waals surface area contributed by atoms with E-state index < -0.39 is 20.3 Å². The van der Waals surface area contributed by atoms with Gasteiger partial charge in [-0.25, -0.2) is 8.42 Å². The molecule has 0 atom stereocenters. The molecule has 0 aliphatic heterocycles. The van der Waals surface area contributed by atoms with Crippen molar-refractivity contribution in [2.75, 3.05) is 6.26 Å². The second-order valence-corrected chi connectivity index (χ2v) is 4.49. The van der Waals surface area contributed by atoms with Crippen molar-refractivity contribution in [1.82, 2.24) is 4.13 Å². The van der Waals surface area contributed by atoms with Gasteiger partial charge in [-0.2, -0.15) is 8.42 Å². The minimum absolute atomic E-state index is 0.612. The molecule has 2 N–H and O–H groups in total. The summed E-state index contributed by atoms with van der Waals surface area (Å²) in [6, 6.07) is 0. The topological polar surface area (TPSA) is 101 Å². The Hall–Kier alpha value is -0.180. The first-order chi connectivity index (χ1) is 3.71. The Morgan fingerprint density at radius 3 is 1.56 bits per heavy atom. The molecule has 6 nitrogen and oxygen atoms in total. The van der Waals surface area contributed by atoms with Crippen LogP contribution >= 0.6 is 0 Å². The van der Waals surface area contributed by atoms with Crippen LogP contribution in [-0.2, 0) is 20.3 Å². The van der Waals surface area contributed by atoms with Gasteiger partial charge in [-0.3, -0.25) is 4.55 Å². The number of nitrogens with one attached hydrogen (secondary N) is 1. The van der Waals surface area contributed by atoms with Gasteiger partial charge in [-0.05, 0) is 0 Å². The molecule has 0 saturated carbocycles. The van der Waals surface area contributed by atoms with Gasteiger partial charge in [-0.1, -0.05) is 4.13 Å². The van der Waals surface area contributed by atoms with Gasteiger partial charge in [0.2, 0.25) is 10.0 Å². The van der Waals surface area contributed by atoms with Crippen LogP contribution in [0.25, 0.3) is 0 Å². The molecular weight excluding hydrogens is 170 g/mol. The second-order valence-electron chi connectivity index (χ2n) is 1.33. The van der Waals surface area contributed by atoms with E-state index in [1.807, 2.05) is 0 Å². The summed E-state index contributed by atoms with van der Waals surface area (Å²) in [5.74, 6) is 0. The van der Waals surface area contributed by atoms with Crippen LogP contribution in [0.15, 0.2) is 0 Å². The van der Waals surface area contributed by atoms with Crippen LogP contribution in [-0.4, -0.2) is 27.6 Å². The summed E-state index contributed by atoms with van der Waals surface area (Å²) >= 11 is 0. The first-order valence-electron chi connectivity index (χ1n) is 1.67. The summed E-state index contributed by atoms with van der Waals surface area (Å²) in [7, 11) is -8.49. The van der Waals surface area contributed by atoms with Gasteiger partial charge in [0.05, 0.1) is 6.26 Å². The van der Waals surface area contributed by atoms with Crippen molar-refractivity contribution in [2.45, 2.75) is 0 Å². The van der Waals surface area contributed by atoms with E-state index in [-0.39, 0.29) is 0 Å². The summed E-state index contributed by atoms with van der Waals surface area (Å²) in [6.45, 7) is 0. The maximum atomic E-state index is 10.00. The van der Waals surface area contributed by atoms with Gasteiger partial charge < -0.3 is 0 Å². The summed E-state index contributed by atoms with van der Waals surface area (Å²) in [4.78, 5) is 0. The fraction of sp³-hybridized carbons (Fsp3) is 1.00. The lowest BCUT2D eigenvalue weighted by molar-refractivity contribution is 0.478. The molecule has 56 valence electrons. The third kappa shape index (κ3) is 7.82. The highest BCUT2D eigenvalue weighted by atomic mass is 32.3. The van der Waals surface area contributed by atoms with Crippen LogP contribution in [0.3, 0.4) is 0 Å². The monoisotopic (exact) mass is 175 g/mol. The Bertz CT molecular complexity index is 240. The molecule has 0 aliphatic carbocycles. The van der Waals surface area contributed by atoms with Gasteiger partial charge >= 0.3 is 10.3 Å². The Morgan fingerprint density at radius 2 is 1.56 bits per heavy atom. The van der Waals surface area contributed by atoms with Crippen LogP contribution < -0.4 is 4.13 Å². The van der Waals surface area contributed by atoms with E-state index in [1.54, 1.807) is 0 Å². The van der Waals surface area contributed by atoms with Gasteiger partial charge in [0.25, 0.3) is 0 Å². The molecule has 0 heterocycles. The third-order valence-electron chi connectivity index (χ3n) is 0.257. The zero-order chi connectivity index (χ0) is 7.71. The zero-order valence-electron chi connectivity index (χ0n) is 4.40. The zero-order valence-corrected chi connectivity index (χ0v) is 6.03. The quantitative estimate of drug-likeness (QED) is 0.489. The van der Waals surface area contributed by atoms with E-state index in [2.05, 4.69) is 0 Å². The van der Waals surface area contributed by atoms with Gasteiger partial charge in [-0.15, -0.1) is 0 Å². The lowest BCUT2D eigenvalue weighted by atomic mass is 12.0. The van der Waals surface area contributed by atoms with Crippen LogP contribution in [0, 0.1) is 0 Å². The van der Waals surface area contributed by atoms with E-state index in [4.69, 9.17) is 4.55 Å². The van der Waals surface area contributed by atoms with Crippen LogP contribution in [0.4, 0.5) is 0 Å². The van der Waals surface area contributed by atoms with E-state index in [1.165, 1.54) is 0 Å². The van der Waals surface area contributed by atoms with Crippen molar-refractivity contribution in [2.24, 2.45) is 0 Å². The van der Waals surface area contributed by atoms with Crippen molar-refractivity contribution in [3.05, 3.63) is 0 Å². The lowest BCUT2D eigenvalue weighted by Gasteiger charge is -1.93. The van der Waals surface area contributed by atoms with Crippen molar-refractivity contribution < 1.29 is 21.4 Å². The highest BCUT2D eigenvalue weighted by Gasteiger charge is 2.10. The van der Waals surface area contributed by atoms with Crippen molar-refractivity contribution >= 4 is 20.3 Å². The lowest BCUT2D eigenvalue weighted by Crippen LogP contribution is -2.28. The van der Waals surface area contributed by atoms with Crippen molar-refractivity contribution in [3.63, 3.8) is 0 Å². The normalized spacial score (nSPS) is 13.6. The fourth-order valence-corrected chi connectivity index (χ4v) is 1.72. The molecule has 0 rings (SSSR count). The molecular formula is CH5NO5S2. The van der Waals surface area contributed by atoms with Crippen LogP contribution in [0.2, 0.25) is 0 Å². The predicted octanol–water partition coefficient (Wildman–Crippen LogP) is -1.66. The molecule has 0 amide bonds. The average molecular weight is 175 g/mol. The standard InChI is InChI=1S/CH5NO5S2/c1-8(3,4)2-9(5,6)7/h2H,1H3,(H,5,6,7). The minimum Gasteiger partial charge on any atom is -0.273 e. The molecule has 9 heavy (non-hydrogen) atoms. The Kier molecular flexibility index (Phi) is 2.17. The maximum Gasteiger partial charge on any atom is 0.346 e. The van der Waals surface area contributed by atoms with Gasteiger partial charge in [0, 0.05) is 0 Å². The van der Waals surface area contributed by atoms with E-state index in [9.17, 15) is 16.8 Å². The number of rotatable bonds is 2. The molecule has 0 aromatic heterocycles. The summed E-state index contributed by atoms with van der Waals surface area (Å²) in [5, 5.41) is 0. The molecule has 0 aromatic carbocycles. The van der Waals surface area contributed by atoms with Crippen molar-refractivity contribution in [1.29, 1.82) is 0 Å². The Balaban J connectivity index is 4.46. The minimum atomic E-state index is -4.62. The number of sulfonamides is 1. The highest BCUT2D eigenvalue weighted by molar-refractivity contribution is 8.01. The largest absolute Gasteiger partial charge is 0.346 e. The SMILES string of the molecule is CS(=O)(=O)NS(=O)(=O)O. The molecule has 0 aliphatic rings. The van der Waals surface area contributed by atoms with Gasteiger partial charge in [0.15, 0.2) is 0 Å². The average Bonchev–Trinajstić information content (AvgIpc) is 1.14. The molecule has 0 radical (unpaired) electrons. The molecule has 0 fully saturated rings. The Morgan fingerprint density at radius 1 is 1.22 bits per heavy atom. The Labute approximate surface area is 52.8 Å². The third-order valence-corrected chi connectivity index (χ3v) is 2.31. The van der Waals surface area contributed by atoms with Crippen LogP contribution in [0.5, 0.6) is 0 Å². The molecule has 8 heteroatoms. The molecule has 0 unspecified atom stereocenters. The highest BCUT2D eigenvalue weighted by Crippen LogP contribution is 1.78. The van der Waals surface area contributed by atoms with Crippen molar-refractivity contribution in [3.8, 4) is 0 Å². The maximum absolute atomic E-state index is 10.00. The van der Waals surface area contributed by atoms with Gasteiger partial charge in [0.1, 0.15) is 0 Å². The predicted molar refractivity (Wildman–Crippen MR) is 29.5 cm³/mol. The molecule has 0 spiro atoms. The second kappa shape index (κ2) is 2.21. The first kappa shape index (κ1) is 8.82. The number of hydrogen-bond donors (Lipinski definition) is 2. The van der Waals surface area contributed by atoms with E-state index >= 15 is 0 Å². The van der Waals surface area contributed by atoms with E-state index in [0.29, 0.717) is 6.26 Å². The van der Waals surface area contributed by atoms with E-state index in [0.717, 1.165) is 4.13 Å². The fourth-order valence-electron chi connectivity index (χ4n) is 0.191. The number of hydrogen-bond acceptors (Lipinski definition) is 4. The summed E-state index contributed by atoms with van der Waals surface area (Å²) < 4.78 is 48.2. The molecule has 0 aromatic rings. The smallest absolute Gasteiger partial charge is 0.273 e. The first-order valence-corrected chi connectivity index (χ1v) is 5.00.